The molecular weight excluding hydrogens is 440 g/mol. The zero-order valence-corrected chi connectivity index (χ0v) is 23.2. The summed E-state index contributed by atoms with van der Waals surface area (Å²) in [5.74, 6) is 0.940. The van der Waals surface area contributed by atoms with Crippen molar-refractivity contribution in [3.05, 3.63) is 59.7 Å². The van der Waals surface area contributed by atoms with E-state index in [2.05, 4.69) is 6.92 Å². The van der Waals surface area contributed by atoms with Crippen molar-refractivity contribution in [3.8, 4) is 11.5 Å². The van der Waals surface area contributed by atoms with Crippen molar-refractivity contribution in [2.24, 2.45) is 0 Å². The van der Waals surface area contributed by atoms with Gasteiger partial charge in [-0.3, -0.25) is 0 Å². The summed E-state index contributed by atoms with van der Waals surface area (Å²) in [5.41, 5.74) is 2.47. The zero-order valence-electron chi connectivity index (χ0n) is 23.2. The molecule has 0 spiro atoms. The van der Waals surface area contributed by atoms with Gasteiger partial charge in [-0.1, -0.05) is 153 Å². The highest BCUT2D eigenvalue weighted by molar-refractivity contribution is 5.37. The van der Waals surface area contributed by atoms with Crippen LogP contribution in [-0.4, -0.2) is 10.2 Å². The van der Waals surface area contributed by atoms with Crippen LogP contribution >= 0.6 is 0 Å². The molecular formula is C34H54O2. The van der Waals surface area contributed by atoms with E-state index in [0.29, 0.717) is 17.4 Å². The molecule has 0 heterocycles. The van der Waals surface area contributed by atoms with Crippen LogP contribution in [0.5, 0.6) is 11.5 Å². The van der Waals surface area contributed by atoms with Crippen molar-refractivity contribution in [1.29, 1.82) is 0 Å². The summed E-state index contributed by atoms with van der Waals surface area (Å²) in [6, 6.07) is 15.2. The fourth-order valence-electron chi connectivity index (χ4n) is 5.37. The second-order valence-electron chi connectivity index (χ2n) is 10.9. The van der Waals surface area contributed by atoms with Crippen LogP contribution in [0.4, 0.5) is 0 Å². The first-order chi connectivity index (χ1) is 17.7. The largest absolute Gasteiger partial charge is 0.508 e. The lowest BCUT2D eigenvalue weighted by atomic mass is 9.86. The van der Waals surface area contributed by atoms with Gasteiger partial charge in [0.25, 0.3) is 0 Å². The molecule has 0 amide bonds. The van der Waals surface area contributed by atoms with Crippen LogP contribution in [0.25, 0.3) is 0 Å². The SMILES string of the molecule is CCCCCCCCCCCCCCCCCCCCCC(c1ccc(O)cc1)c1ccc(O)cc1. The molecule has 0 saturated heterocycles. The Kier molecular flexibility index (Phi) is 16.9. The monoisotopic (exact) mass is 494 g/mol. The van der Waals surface area contributed by atoms with Gasteiger partial charge in [-0.05, 0) is 41.8 Å². The Morgan fingerprint density at radius 2 is 0.694 bits per heavy atom. The predicted molar refractivity (Wildman–Crippen MR) is 156 cm³/mol. The minimum Gasteiger partial charge on any atom is -0.508 e. The third-order valence-electron chi connectivity index (χ3n) is 7.69. The van der Waals surface area contributed by atoms with Crippen molar-refractivity contribution in [2.45, 2.75) is 141 Å². The Morgan fingerprint density at radius 3 is 1.00 bits per heavy atom. The van der Waals surface area contributed by atoms with Gasteiger partial charge in [0.2, 0.25) is 0 Å². The second kappa shape index (κ2) is 20.1. The molecule has 36 heavy (non-hydrogen) atoms. The van der Waals surface area contributed by atoms with Gasteiger partial charge >= 0.3 is 0 Å². The maximum Gasteiger partial charge on any atom is 0.115 e. The van der Waals surface area contributed by atoms with E-state index in [0.717, 1.165) is 6.42 Å². The minimum atomic E-state index is 0.312. The number of benzene rings is 2. The summed E-state index contributed by atoms with van der Waals surface area (Å²) in [7, 11) is 0. The third kappa shape index (κ3) is 14.0. The number of hydrogen-bond donors (Lipinski definition) is 2. The van der Waals surface area contributed by atoms with Crippen LogP contribution in [0.15, 0.2) is 48.5 Å². The summed E-state index contributed by atoms with van der Waals surface area (Å²) in [4.78, 5) is 0. The van der Waals surface area contributed by atoms with E-state index in [1.54, 1.807) is 24.3 Å². The first kappa shape index (κ1) is 30.3. The molecule has 2 N–H and O–H groups in total. The maximum atomic E-state index is 9.66. The van der Waals surface area contributed by atoms with Crippen LogP contribution in [0.1, 0.15) is 152 Å². The maximum absolute atomic E-state index is 9.66. The van der Waals surface area contributed by atoms with E-state index < -0.39 is 0 Å². The summed E-state index contributed by atoms with van der Waals surface area (Å²) in [6.07, 6.45) is 27.8. The lowest BCUT2D eigenvalue weighted by Crippen LogP contribution is -2.01. The molecule has 2 nitrogen and oxygen atoms in total. The average molecular weight is 495 g/mol. The molecule has 0 aliphatic carbocycles. The molecule has 0 fully saturated rings. The van der Waals surface area contributed by atoms with Crippen molar-refractivity contribution < 1.29 is 10.2 Å². The van der Waals surface area contributed by atoms with Crippen molar-refractivity contribution in [3.63, 3.8) is 0 Å². The Bertz CT molecular complexity index is 704. The third-order valence-corrected chi connectivity index (χ3v) is 7.69. The van der Waals surface area contributed by atoms with Gasteiger partial charge in [0.05, 0.1) is 0 Å². The molecule has 202 valence electrons. The molecule has 0 aliphatic heterocycles. The highest BCUT2D eigenvalue weighted by Crippen LogP contribution is 2.32. The van der Waals surface area contributed by atoms with Gasteiger partial charge < -0.3 is 10.2 Å². The minimum absolute atomic E-state index is 0.312. The topological polar surface area (TPSA) is 40.5 Å². The molecule has 0 atom stereocenters. The molecule has 2 aromatic carbocycles. The number of unbranched alkanes of at least 4 members (excludes halogenated alkanes) is 18. The van der Waals surface area contributed by atoms with Gasteiger partial charge in [0.1, 0.15) is 11.5 Å². The molecule has 0 unspecified atom stereocenters. The van der Waals surface area contributed by atoms with Crippen LogP contribution in [0, 0.1) is 0 Å². The number of phenolic OH excluding ortho intramolecular Hbond substituents is 2. The standard InChI is InChI=1S/C34H54O2/c1-2-3-4-5-6-7-8-9-10-11-12-13-14-15-16-17-18-19-20-21-34(30-22-26-32(35)27-23-30)31-24-28-33(36)29-25-31/h22-29,34-36H,2-21H2,1H3. The first-order valence-corrected chi connectivity index (χ1v) is 15.3. The Labute approximate surface area is 222 Å². The number of aromatic hydroxyl groups is 2. The summed E-state index contributed by atoms with van der Waals surface area (Å²) >= 11 is 0. The smallest absolute Gasteiger partial charge is 0.115 e. The van der Waals surface area contributed by atoms with Crippen LogP contribution in [0.2, 0.25) is 0 Å². The van der Waals surface area contributed by atoms with Gasteiger partial charge in [-0.25, -0.2) is 0 Å². The van der Waals surface area contributed by atoms with E-state index in [4.69, 9.17) is 0 Å². The summed E-state index contributed by atoms with van der Waals surface area (Å²) < 4.78 is 0. The van der Waals surface area contributed by atoms with Gasteiger partial charge in [-0.15, -0.1) is 0 Å². The lowest BCUT2D eigenvalue weighted by Gasteiger charge is -2.18. The second-order valence-corrected chi connectivity index (χ2v) is 10.9. The normalized spacial score (nSPS) is 11.4. The molecule has 0 bridgehead atoms. The quantitative estimate of drug-likeness (QED) is 0.160. The number of hydrogen-bond acceptors (Lipinski definition) is 2. The van der Waals surface area contributed by atoms with Crippen LogP contribution in [-0.2, 0) is 0 Å². The highest BCUT2D eigenvalue weighted by atomic mass is 16.3. The van der Waals surface area contributed by atoms with Crippen molar-refractivity contribution >= 4 is 0 Å². The van der Waals surface area contributed by atoms with Crippen LogP contribution in [0.3, 0.4) is 0 Å². The van der Waals surface area contributed by atoms with E-state index >= 15 is 0 Å². The molecule has 2 rings (SSSR count). The van der Waals surface area contributed by atoms with E-state index in [1.807, 2.05) is 24.3 Å². The molecule has 0 radical (unpaired) electrons. The van der Waals surface area contributed by atoms with E-state index in [-0.39, 0.29) is 0 Å². The summed E-state index contributed by atoms with van der Waals surface area (Å²) in [6.45, 7) is 2.29. The number of rotatable bonds is 22. The molecule has 0 saturated carbocycles. The van der Waals surface area contributed by atoms with Gasteiger partial charge in [0, 0.05) is 5.92 Å². The first-order valence-electron chi connectivity index (χ1n) is 15.3. The van der Waals surface area contributed by atoms with Crippen LogP contribution < -0.4 is 0 Å². The van der Waals surface area contributed by atoms with Crippen molar-refractivity contribution in [2.75, 3.05) is 0 Å². The Morgan fingerprint density at radius 1 is 0.417 bits per heavy atom. The van der Waals surface area contributed by atoms with Gasteiger partial charge in [0.15, 0.2) is 0 Å². The molecule has 0 aromatic heterocycles. The fraction of sp³-hybridized carbons (Fsp3) is 0.647. The predicted octanol–water partition coefficient (Wildman–Crippen LogP) is 11.1. The van der Waals surface area contributed by atoms with Gasteiger partial charge in [-0.2, -0.15) is 0 Å². The summed E-state index contributed by atoms with van der Waals surface area (Å²) in [5, 5.41) is 19.3. The molecule has 0 aliphatic rings. The molecule has 2 heteroatoms. The highest BCUT2D eigenvalue weighted by Gasteiger charge is 2.14. The Hall–Kier alpha value is -1.96. The van der Waals surface area contributed by atoms with E-state index in [9.17, 15) is 10.2 Å². The lowest BCUT2D eigenvalue weighted by molar-refractivity contribution is 0.474. The Balaban J connectivity index is 1.45. The fourth-order valence-corrected chi connectivity index (χ4v) is 5.37. The van der Waals surface area contributed by atoms with Crippen molar-refractivity contribution in [1.82, 2.24) is 0 Å². The zero-order chi connectivity index (χ0) is 25.7. The average Bonchev–Trinajstić information content (AvgIpc) is 2.89. The van der Waals surface area contributed by atoms with E-state index in [1.165, 1.54) is 133 Å². The molecule has 2 aromatic rings. The number of phenols is 2.